The Bertz CT molecular complexity index is 469. The first kappa shape index (κ1) is 13.7. The summed E-state index contributed by atoms with van der Waals surface area (Å²) < 4.78 is 25.5. The third-order valence-corrected chi connectivity index (χ3v) is 3.52. The van der Waals surface area contributed by atoms with Crippen molar-refractivity contribution in [1.82, 2.24) is 4.72 Å². The van der Waals surface area contributed by atoms with Gasteiger partial charge in [-0.15, -0.1) is 0 Å². The van der Waals surface area contributed by atoms with Crippen LogP contribution in [0.15, 0.2) is 35.2 Å². The van der Waals surface area contributed by atoms with Gasteiger partial charge in [0.2, 0.25) is 5.91 Å². The average molecular weight is 256 g/mol. The summed E-state index contributed by atoms with van der Waals surface area (Å²) in [7, 11) is -3.75. The molecule has 17 heavy (non-hydrogen) atoms. The SMILES string of the molecule is CC(N)CCC(=O)NS(=O)(=O)c1ccccc1. The van der Waals surface area contributed by atoms with Gasteiger partial charge in [-0.3, -0.25) is 4.79 Å². The summed E-state index contributed by atoms with van der Waals surface area (Å²) in [6.45, 7) is 1.76. The van der Waals surface area contributed by atoms with E-state index in [1.165, 1.54) is 12.1 Å². The second-order valence-electron chi connectivity index (χ2n) is 3.86. The standard InChI is InChI=1S/C11H16N2O3S/c1-9(12)7-8-11(14)13-17(15,16)10-5-3-2-4-6-10/h2-6,9H,7-8,12H2,1H3,(H,13,14). The van der Waals surface area contributed by atoms with Gasteiger partial charge >= 0.3 is 0 Å². The first-order valence-corrected chi connectivity index (χ1v) is 6.76. The van der Waals surface area contributed by atoms with E-state index in [9.17, 15) is 13.2 Å². The minimum absolute atomic E-state index is 0.0779. The minimum atomic E-state index is -3.75. The number of amides is 1. The van der Waals surface area contributed by atoms with E-state index in [-0.39, 0.29) is 17.4 Å². The van der Waals surface area contributed by atoms with Gasteiger partial charge in [-0.2, -0.15) is 0 Å². The maximum Gasteiger partial charge on any atom is 0.264 e. The normalized spacial score (nSPS) is 13.1. The molecule has 0 bridgehead atoms. The third-order valence-electron chi connectivity index (χ3n) is 2.13. The van der Waals surface area contributed by atoms with Crippen LogP contribution < -0.4 is 10.5 Å². The smallest absolute Gasteiger partial charge is 0.264 e. The fraction of sp³-hybridized carbons (Fsp3) is 0.364. The largest absolute Gasteiger partial charge is 0.328 e. The number of hydrogen-bond donors (Lipinski definition) is 2. The second kappa shape index (κ2) is 5.79. The first-order chi connectivity index (χ1) is 7.92. The van der Waals surface area contributed by atoms with Crippen molar-refractivity contribution in [3.8, 4) is 0 Å². The van der Waals surface area contributed by atoms with Crippen molar-refractivity contribution < 1.29 is 13.2 Å². The lowest BCUT2D eigenvalue weighted by atomic mass is 10.2. The molecule has 0 heterocycles. The predicted octanol–water partition coefficient (Wildman–Crippen LogP) is 0.619. The number of sulfonamides is 1. The summed E-state index contributed by atoms with van der Waals surface area (Å²) in [5.74, 6) is -0.536. The van der Waals surface area contributed by atoms with Gasteiger partial charge in [0.05, 0.1) is 4.90 Å². The monoisotopic (exact) mass is 256 g/mol. The summed E-state index contributed by atoms with van der Waals surface area (Å²) in [6, 6.07) is 7.64. The van der Waals surface area contributed by atoms with Crippen LogP contribution >= 0.6 is 0 Å². The third kappa shape index (κ3) is 4.54. The number of rotatable bonds is 5. The molecule has 0 saturated carbocycles. The van der Waals surface area contributed by atoms with Crippen LogP contribution in [-0.4, -0.2) is 20.4 Å². The molecule has 1 atom stereocenters. The first-order valence-electron chi connectivity index (χ1n) is 5.28. The van der Waals surface area contributed by atoms with Gasteiger partial charge < -0.3 is 5.73 Å². The fourth-order valence-electron chi connectivity index (χ4n) is 1.22. The summed E-state index contributed by atoms with van der Waals surface area (Å²) in [5, 5.41) is 0. The second-order valence-corrected chi connectivity index (χ2v) is 5.54. The molecule has 0 radical (unpaired) electrons. The maximum absolute atomic E-state index is 11.7. The van der Waals surface area contributed by atoms with E-state index in [2.05, 4.69) is 0 Å². The van der Waals surface area contributed by atoms with E-state index < -0.39 is 15.9 Å². The molecule has 0 saturated heterocycles. The molecule has 5 nitrogen and oxygen atoms in total. The number of hydrogen-bond acceptors (Lipinski definition) is 4. The molecule has 1 aromatic carbocycles. The van der Waals surface area contributed by atoms with Gasteiger partial charge in [0.25, 0.3) is 10.0 Å². The summed E-state index contributed by atoms with van der Waals surface area (Å²) in [5.41, 5.74) is 5.49. The van der Waals surface area contributed by atoms with Crippen LogP contribution in [0.3, 0.4) is 0 Å². The van der Waals surface area contributed by atoms with Crippen LogP contribution in [0.2, 0.25) is 0 Å². The molecule has 0 aliphatic carbocycles. The van der Waals surface area contributed by atoms with Gasteiger partial charge in [0.15, 0.2) is 0 Å². The van der Waals surface area contributed by atoms with Gasteiger partial charge in [0.1, 0.15) is 0 Å². The van der Waals surface area contributed by atoms with Crippen molar-refractivity contribution in [1.29, 1.82) is 0 Å². The van der Waals surface area contributed by atoms with E-state index in [4.69, 9.17) is 5.73 Å². The molecule has 1 amide bonds. The molecule has 0 aromatic heterocycles. The highest BCUT2D eigenvalue weighted by molar-refractivity contribution is 7.90. The fourth-order valence-corrected chi connectivity index (χ4v) is 2.25. The molecule has 3 N–H and O–H groups in total. The lowest BCUT2D eigenvalue weighted by Crippen LogP contribution is -2.31. The number of carbonyl (C=O) groups excluding carboxylic acids is 1. The Morgan fingerprint density at radius 2 is 1.94 bits per heavy atom. The molecule has 0 aliphatic heterocycles. The van der Waals surface area contributed by atoms with Crippen LogP contribution in [0, 0.1) is 0 Å². The van der Waals surface area contributed by atoms with Crippen molar-refractivity contribution in [3.05, 3.63) is 30.3 Å². The zero-order chi connectivity index (χ0) is 12.9. The molecule has 0 fully saturated rings. The predicted molar refractivity (Wildman–Crippen MR) is 64.7 cm³/mol. The molecule has 1 unspecified atom stereocenters. The Kier molecular flexibility index (Phi) is 4.65. The Hall–Kier alpha value is -1.40. The number of carbonyl (C=O) groups is 1. The van der Waals surface area contributed by atoms with Crippen molar-refractivity contribution in [2.24, 2.45) is 5.73 Å². The highest BCUT2D eigenvalue weighted by Crippen LogP contribution is 2.07. The van der Waals surface area contributed by atoms with E-state index in [0.717, 1.165) is 0 Å². The topological polar surface area (TPSA) is 89.3 Å². The van der Waals surface area contributed by atoms with Crippen LogP contribution in [0.1, 0.15) is 19.8 Å². The average Bonchev–Trinajstić information content (AvgIpc) is 2.27. The highest BCUT2D eigenvalue weighted by Gasteiger charge is 2.16. The summed E-state index contributed by atoms with van der Waals surface area (Å²) >= 11 is 0. The lowest BCUT2D eigenvalue weighted by molar-refractivity contribution is -0.119. The van der Waals surface area contributed by atoms with E-state index >= 15 is 0 Å². The molecular weight excluding hydrogens is 240 g/mol. The molecule has 6 heteroatoms. The van der Waals surface area contributed by atoms with Crippen molar-refractivity contribution >= 4 is 15.9 Å². The molecule has 0 spiro atoms. The van der Waals surface area contributed by atoms with E-state index in [1.54, 1.807) is 25.1 Å². The van der Waals surface area contributed by atoms with Gasteiger partial charge in [-0.1, -0.05) is 18.2 Å². The molecule has 1 aromatic rings. The van der Waals surface area contributed by atoms with Crippen LogP contribution in [-0.2, 0) is 14.8 Å². The van der Waals surface area contributed by atoms with E-state index in [1.807, 2.05) is 4.72 Å². The molecule has 94 valence electrons. The Balaban J connectivity index is 2.65. The number of nitrogens with one attached hydrogen (secondary N) is 1. The Morgan fingerprint density at radius 3 is 2.47 bits per heavy atom. The summed E-state index contributed by atoms with van der Waals surface area (Å²) in [4.78, 5) is 11.5. The van der Waals surface area contributed by atoms with Crippen LogP contribution in [0.5, 0.6) is 0 Å². The van der Waals surface area contributed by atoms with Gasteiger partial charge in [-0.25, -0.2) is 13.1 Å². The quantitative estimate of drug-likeness (QED) is 0.808. The van der Waals surface area contributed by atoms with Crippen LogP contribution in [0.25, 0.3) is 0 Å². The Labute approximate surface area is 101 Å². The maximum atomic E-state index is 11.7. The molecule has 1 rings (SSSR count). The van der Waals surface area contributed by atoms with Gasteiger partial charge in [-0.05, 0) is 25.5 Å². The zero-order valence-corrected chi connectivity index (χ0v) is 10.4. The lowest BCUT2D eigenvalue weighted by Gasteiger charge is -2.07. The van der Waals surface area contributed by atoms with Crippen molar-refractivity contribution in [2.45, 2.75) is 30.7 Å². The molecular formula is C11H16N2O3S. The van der Waals surface area contributed by atoms with Crippen molar-refractivity contribution in [2.75, 3.05) is 0 Å². The highest BCUT2D eigenvalue weighted by atomic mass is 32.2. The number of benzene rings is 1. The van der Waals surface area contributed by atoms with Crippen LogP contribution in [0.4, 0.5) is 0 Å². The molecule has 0 aliphatic rings. The zero-order valence-electron chi connectivity index (χ0n) is 9.59. The van der Waals surface area contributed by atoms with E-state index in [0.29, 0.717) is 6.42 Å². The van der Waals surface area contributed by atoms with Gasteiger partial charge in [0, 0.05) is 12.5 Å². The van der Waals surface area contributed by atoms with Crippen molar-refractivity contribution in [3.63, 3.8) is 0 Å². The number of nitrogens with two attached hydrogens (primary N) is 1. The Morgan fingerprint density at radius 1 is 1.35 bits per heavy atom. The minimum Gasteiger partial charge on any atom is -0.328 e. The summed E-state index contributed by atoms with van der Waals surface area (Å²) in [6.07, 6.45) is 0.555.